The molecule has 146 valence electrons. The van der Waals surface area contributed by atoms with E-state index in [4.69, 9.17) is 4.74 Å². The molecule has 0 radical (unpaired) electrons. The Morgan fingerprint density at radius 2 is 1.86 bits per heavy atom. The Bertz CT molecular complexity index is 954. The van der Waals surface area contributed by atoms with Crippen LogP contribution in [0.1, 0.15) is 28.7 Å². The van der Waals surface area contributed by atoms with Crippen molar-refractivity contribution in [3.8, 4) is 11.4 Å². The Morgan fingerprint density at radius 1 is 1.14 bits per heavy atom. The second kappa shape index (κ2) is 8.07. The summed E-state index contributed by atoms with van der Waals surface area (Å²) >= 11 is 0. The highest BCUT2D eigenvalue weighted by molar-refractivity contribution is 5.95. The third-order valence-electron chi connectivity index (χ3n) is 3.81. The Labute approximate surface area is 158 Å². The molecule has 0 spiro atoms. The highest BCUT2D eigenvalue weighted by atomic mass is 19.4. The van der Waals surface area contributed by atoms with Gasteiger partial charge in [-0.2, -0.15) is 17.9 Å². The van der Waals surface area contributed by atoms with Gasteiger partial charge < -0.3 is 10.1 Å². The third kappa shape index (κ3) is 4.27. The summed E-state index contributed by atoms with van der Waals surface area (Å²) < 4.78 is 46.0. The lowest BCUT2D eigenvalue weighted by molar-refractivity contribution is -0.137. The van der Waals surface area contributed by atoms with Crippen LogP contribution in [0.3, 0.4) is 0 Å². The van der Waals surface area contributed by atoms with Crippen LogP contribution in [-0.2, 0) is 12.7 Å². The van der Waals surface area contributed by atoms with Gasteiger partial charge in [0.05, 0.1) is 30.0 Å². The van der Waals surface area contributed by atoms with E-state index in [9.17, 15) is 18.0 Å². The molecule has 1 N–H and O–H groups in total. The number of aromatic nitrogens is 4. The van der Waals surface area contributed by atoms with E-state index in [-0.39, 0.29) is 12.4 Å². The topological polar surface area (TPSA) is 81.9 Å². The molecule has 0 aliphatic heterocycles. The SMILES string of the molecule is CCOc1ccc(-n2nnnc2CNC(=O)c2ccccc2C(F)(F)F)cc1. The Hall–Kier alpha value is -3.43. The second-order valence-electron chi connectivity index (χ2n) is 5.66. The lowest BCUT2D eigenvalue weighted by Crippen LogP contribution is -2.27. The first kappa shape index (κ1) is 19.3. The molecular formula is C18H16F3N5O2. The Balaban J connectivity index is 1.75. The zero-order valence-electron chi connectivity index (χ0n) is 14.8. The Kier molecular flexibility index (Phi) is 5.57. The van der Waals surface area contributed by atoms with Gasteiger partial charge >= 0.3 is 6.18 Å². The van der Waals surface area contributed by atoms with Gasteiger partial charge in [-0.25, -0.2) is 0 Å². The molecule has 7 nitrogen and oxygen atoms in total. The maximum atomic E-state index is 13.1. The summed E-state index contributed by atoms with van der Waals surface area (Å²) in [5, 5.41) is 13.7. The molecule has 0 aliphatic rings. The van der Waals surface area contributed by atoms with Gasteiger partial charge in [-0.15, -0.1) is 5.10 Å². The number of alkyl halides is 3. The van der Waals surface area contributed by atoms with Crippen LogP contribution in [0.5, 0.6) is 5.75 Å². The lowest BCUT2D eigenvalue weighted by Gasteiger charge is -2.12. The minimum Gasteiger partial charge on any atom is -0.494 e. The molecule has 0 aliphatic carbocycles. The maximum absolute atomic E-state index is 13.1. The average molecular weight is 391 g/mol. The predicted molar refractivity (Wildman–Crippen MR) is 92.9 cm³/mol. The third-order valence-corrected chi connectivity index (χ3v) is 3.81. The minimum atomic E-state index is -4.63. The fourth-order valence-corrected chi connectivity index (χ4v) is 2.55. The fourth-order valence-electron chi connectivity index (χ4n) is 2.55. The molecule has 10 heteroatoms. The molecule has 3 aromatic rings. The van der Waals surface area contributed by atoms with E-state index in [0.29, 0.717) is 18.0 Å². The number of halogens is 3. The van der Waals surface area contributed by atoms with Crippen molar-refractivity contribution in [1.82, 2.24) is 25.5 Å². The molecular weight excluding hydrogens is 375 g/mol. The molecule has 1 aromatic heterocycles. The number of nitrogens with one attached hydrogen (secondary N) is 1. The van der Waals surface area contributed by atoms with Crippen molar-refractivity contribution in [1.29, 1.82) is 0 Å². The molecule has 0 saturated heterocycles. The minimum absolute atomic E-state index is 0.148. The van der Waals surface area contributed by atoms with Crippen LogP contribution in [0.4, 0.5) is 13.2 Å². The molecule has 0 fully saturated rings. The largest absolute Gasteiger partial charge is 0.494 e. The van der Waals surface area contributed by atoms with Gasteiger partial charge in [0.25, 0.3) is 5.91 Å². The number of carbonyl (C=O) groups excluding carboxylic acids is 1. The summed E-state index contributed by atoms with van der Waals surface area (Å²) in [6.07, 6.45) is -4.63. The van der Waals surface area contributed by atoms with E-state index >= 15 is 0 Å². The highest BCUT2D eigenvalue weighted by Crippen LogP contribution is 2.31. The molecule has 0 atom stereocenters. The van der Waals surface area contributed by atoms with Crippen molar-refractivity contribution >= 4 is 5.91 Å². The number of tetrazole rings is 1. The standard InChI is InChI=1S/C18H16F3N5O2/c1-2-28-13-9-7-12(8-10-13)26-16(23-24-25-26)11-22-17(27)14-5-3-4-6-15(14)18(19,20)21/h3-10H,2,11H2,1H3,(H,22,27). The van der Waals surface area contributed by atoms with E-state index < -0.39 is 23.2 Å². The van der Waals surface area contributed by atoms with Crippen LogP contribution in [0.15, 0.2) is 48.5 Å². The average Bonchev–Trinajstić information content (AvgIpc) is 3.15. The van der Waals surface area contributed by atoms with Crippen LogP contribution in [0, 0.1) is 0 Å². The summed E-state index contributed by atoms with van der Waals surface area (Å²) in [5.41, 5.74) is -0.845. The van der Waals surface area contributed by atoms with E-state index in [0.717, 1.165) is 12.1 Å². The molecule has 2 aromatic carbocycles. The van der Waals surface area contributed by atoms with Crippen LogP contribution in [0.2, 0.25) is 0 Å². The van der Waals surface area contributed by atoms with E-state index in [1.807, 2.05) is 6.92 Å². The van der Waals surface area contributed by atoms with E-state index in [1.54, 1.807) is 24.3 Å². The normalized spacial score (nSPS) is 11.3. The first-order chi connectivity index (χ1) is 13.4. The second-order valence-corrected chi connectivity index (χ2v) is 5.66. The van der Waals surface area contributed by atoms with Crippen LogP contribution in [-0.4, -0.2) is 32.7 Å². The fraction of sp³-hybridized carbons (Fsp3) is 0.222. The van der Waals surface area contributed by atoms with Gasteiger partial charge in [-0.05, 0) is 53.7 Å². The number of amides is 1. The van der Waals surface area contributed by atoms with Crippen molar-refractivity contribution in [2.45, 2.75) is 19.6 Å². The van der Waals surface area contributed by atoms with Crippen molar-refractivity contribution in [2.24, 2.45) is 0 Å². The summed E-state index contributed by atoms with van der Waals surface area (Å²) in [7, 11) is 0. The van der Waals surface area contributed by atoms with Gasteiger partial charge in [0.15, 0.2) is 5.82 Å². The van der Waals surface area contributed by atoms with Crippen molar-refractivity contribution in [3.63, 3.8) is 0 Å². The maximum Gasteiger partial charge on any atom is 0.417 e. The summed E-state index contributed by atoms with van der Waals surface area (Å²) in [4.78, 5) is 12.3. The van der Waals surface area contributed by atoms with Crippen molar-refractivity contribution in [2.75, 3.05) is 6.61 Å². The summed E-state index contributed by atoms with van der Waals surface area (Å²) in [6.45, 7) is 2.25. The summed E-state index contributed by atoms with van der Waals surface area (Å²) in [5.74, 6) is 0.0779. The highest BCUT2D eigenvalue weighted by Gasteiger charge is 2.34. The number of ether oxygens (including phenoxy) is 1. The first-order valence-corrected chi connectivity index (χ1v) is 8.35. The quantitative estimate of drug-likeness (QED) is 0.699. The first-order valence-electron chi connectivity index (χ1n) is 8.35. The Morgan fingerprint density at radius 3 is 2.54 bits per heavy atom. The molecule has 0 unspecified atom stereocenters. The zero-order chi connectivity index (χ0) is 20.1. The molecule has 1 amide bonds. The van der Waals surface area contributed by atoms with Gasteiger partial charge in [-0.1, -0.05) is 12.1 Å². The van der Waals surface area contributed by atoms with Gasteiger partial charge in [0, 0.05) is 0 Å². The van der Waals surface area contributed by atoms with Crippen molar-refractivity contribution in [3.05, 3.63) is 65.5 Å². The predicted octanol–water partition coefficient (Wildman–Crippen LogP) is 3.01. The monoisotopic (exact) mass is 391 g/mol. The lowest BCUT2D eigenvalue weighted by atomic mass is 10.1. The van der Waals surface area contributed by atoms with Gasteiger partial charge in [0.2, 0.25) is 0 Å². The molecule has 28 heavy (non-hydrogen) atoms. The van der Waals surface area contributed by atoms with Crippen LogP contribution >= 0.6 is 0 Å². The number of nitrogens with zero attached hydrogens (tertiary/aromatic N) is 4. The number of rotatable bonds is 6. The molecule has 3 rings (SSSR count). The van der Waals surface area contributed by atoms with Crippen LogP contribution in [0.25, 0.3) is 5.69 Å². The van der Waals surface area contributed by atoms with E-state index in [1.165, 1.54) is 16.8 Å². The van der Waals surface area contributed by atoms with Gasteiger partial charge in [-0.3, -0.25) is 4.79 Å². The zero-order valence-corrected chi connectivity index (χ0v) is 14.8. The number of hydrogen-bond donors (Lipinski definition) is 1. The van der Waals surface area contributed by atoms with Crippen molar-refractivity contribution < 1.29 is 22.7 Å². The molecule has 0 saturated carbocycles. The number of benzene rings is 2. The number of hydrogen-bond acceptors (Lipinski definition) is 5. The molecule has 0 bridgehead atoms. The molecule has 1 heterocycles. The summed E-state index contributed by atoms with van der Waals surface area (Å²) in [6, 6.07) is 11.5. The van der Waals surface area contributed by atoms with E-state index in [2.05, 4.69) is 20.8 Å². The van der Waals surface area contributed by atoms with Gasteiger partial charge in [0.1, 0.15) is 5.75 Å². The smallest absolute Gasteiger partial charge is 0.417 e. The number of carbonyl (C=O) groups is 1. The van der Waals surface area contributed by atoms with Crippen LogP contribution < -0.4 is 10.1 Å².